The predicted octanol–water partition coefficient (Wildman–Crippen LogP) is 6.52. The Labute approximate surface area is 259 Å². The first-order valence-electron chi connectivity index (χ1n) is 15.0. The molecular weight excluding hydrogens is 622 g/mol. The van der Waals surface area contributed by atoms with Crippen LogP contribution in [0.25, 0.3) is 0 Å². The Hall–Kier alpha value is -1.00. The van der Waals surface area contributed by atoms with Crippen molar-refractivity contribution >= 4 is 31.5 Å². The lowest BCUT2D eigenvalue weighted by atomic mass is 10.1. The third-order valence-corrected chi connectivity index (χ3v) is 17.6. The summed E-state index contributed by atoms with van der Waals surface area (Å²) in [4.78, 5) is 0. The summed E-state index contributed by atoms with van der Waals surface area (Å²) in [6.07, 6.45) is 13.2. The molecule has 0 unspecified atom stereocenters. The highest BCUT2D eigenvalue weighted by Crippen LogP contribution is 2.56. The molecular formula is C35H52IOPSi. The topological polar surface area (TPSA) is 9.23 Å². The monoisotopic (exact) mass is 674 g/mol. The average Bonchev–Trinajstić information content (AvgIpc) is 2.92. The van der Waals surface area contributed by atoms with Gasteiger partial charge < -0.3 is 28.4 Å². The van der Waals surface area contributed by atoms with Crippen LogP contribution in [0.5, 0.6) is 0 Å². The van der Waals surface area contributed by atoms with Crippen LogP contribution in [0, 0.1) is 0 Å². The maximum Gasteiger partial charge on any atom is 0.191 e. The fraction of sp³-hybridized carbons (Fsp3) is 0.486. The van der Waals surface area contributed by atoms with Gasteiger partial charge in [-0.2, -0.15) is 0 Å². The highest BCUT2D eigenvalue weighted by molar-refractivity contribution is 7.95. The minimum absolute atomic E-state index is 0. The molecule has 0 aliphatic heterocycles. The van der Waals surface area contributed by atoms with Gasteiger partial charge in [-0.05, 0) is 73.8 Å². The van der Waals surface area contributed by atoms with Crippen molar-refractivity contribution in [2.45, 2.75) is 96.7 Å². The Balaban J connectivity index is 0.00000533. The minimum atomic E-state index is -1.66. The zero-order valence-corrected chi connectivity index (χ0v) is 29.2. The van der Waals surface area contributed by atoms with Crippen LogP contribution in [-0.2, 0) is 4.43 Å². The van der Waals surface area contributed by atoms with Gasteiger partial charge in [-0.25, -0.2) is 0 Å². The van der Waals surface area contributed by atoms with E-state index in [1.165, 1.54) is 79.9 Å². The number of hydrogen-bond donors (Lipinski definition) is 0. The molecule has 0 spiro atoms. The molecule has 39 heavy (non-hydrogen) atoms. The summed E-state index contributed by atoms with van der Waals surface area (Å²) in [5.41, 5.74) is 0. The van der Waals surface area contributed by atoms with E-state index in [1.807, 2.05) is 0 Å². The van der Waals surface area contributed by atoms with Crippen molar-refractivity contribution in [1.29, 1.82) is 0 Å². The molecule has 0 saturated heterocycles. The summed E-state index contributed by atoms with van der Waals surface area (Å²) in [6.45, 7) is 12.6. The van der Waals surface area contributed by atoms with E-state index in [0.717, 1.165) is 6.61 Å². The van der Waals surface area contributed by atoms with Crippen LogP contribution in [0.15, 0.2) is 91.0 Å². The molecule has 3 aromatic rings. The minimum Gasteiger partial charge on any atom is -1.00 e. The standard InChI is InChI=1S/C35H52OPSi.HI/c1-35(2,3)38(4,5)36-30-22-11-9-7-6-8-10-12-23-31-37(32-24-16-13-17-25-32,33-26-18-14-19-27-33)34-28-20-15-21-29-34;/h13-21,24-29H,6-12,22-23,30-31H2,1-5H3;1H/q+1;/p-1. The van der Waals surface area contributed by atoms with Gasteiger partial charge in [0.1, 0.15) is 23.2 Å². The van der Waals surface area contributed by atoms with Gasteiger partial charge in [-0.3, -0.25) is 0 Å². The Morgan fingerprint density at radius 3 is 1.23 bits per heavy atom. The van der Waals surface area contributed by atoms with Crippen LogP contribution in [-0.4, -0.2) is 21.1 Å². The summed E-state index contributed by atoms with van der Waals surface area (Å²) >= 11 is 0. The van der Waals surface area contributed by atoms with Crippen molar-refractivity contribution in [3.05, 3.63) is 91.0 Å². The van der Waals surface area contributed by atoms with Crippen LogP contribution < -0.4 is 39.9 Å². The SMILES string of the molecule is CC(C)(C)[Si](C)(C)OCCCCCCCCCCC[P+](c1ccccc1)(c1ccccc1)c1ccccc1.[I-]. The van der Waals surface area contributed by atoms with Crippen molar-refractivity contribution in [1.82, 2.24) is 0 Å². The maximum atomic E-state index is 6.33. The molecule has 4 heteroatoms. The van der Waals surface area contributed by atoms with Crippen LogP contribution in [0.3, 0.4) is 0 Å². The summed E-state index contributed by atoms with van der Waals surface area (Å²) in [5, 5.41) is 4.84. The first-order chi connectivity index (χ1) is 18.3. The first kappa shape index (κ1) is 34.2. The van der Waals surface area contributed by atoms with Crippen LogP contribution in [0.2, 0.25) is 18.1 Å². The normalized spacial score (nSPS) is 12.2. The van der Waals surface area contributed by atoms with Crippen molar-refractivity contribution in [2.24, 2.45) is 0 Å². The largest absolute Gasteiger partial charge is 1.00 e. The van der Waals surface area contributed by atoms with E-state index in [1.54, 1.807) is 0 Å². The Morgan fingerprint density at radius 1 is 0.538 bits per heavy atom. The summed E-state index contributed by atoms with van der Waals surface area (Å²) in [7, 11) is -3.24. The number of rotatable bonds is 16. The molecule has 214 valence electrons. The molecule has 1 nitrogen and oxygen atoms in total. The molecule has 0 atom stereocenters. The van der Waals surface area contributed by atoms with Gasteiger partial charge in [0, 0.05) is 6.61 Å². The molecule has 0 heterocycles. The van der Waals surface area contributed by atoms with Gasteiger partial charge in [0.25, 0.3) is 0 Å². The van der Waals surface area contributed by atoms with Crippen LogP contribution in [0.4, 0.5) is 0 Å². The number of halogens is 1. The molecule has 0 saturated carbocycles. The smallest absolute Gasteiger partial charge is 0.191 e. The van der Waals surface area contributed by atoms with E-state index in [-0.39, 0.29) is 24.0 Å². The molecule has 3 aromatic carbocycles. The summed E-state index contributed by atoms with van der Waals surface area (Å²) in [6, 6.07) is 33.9. The predicted molar refractivity (Wildman–Crippen MR) is 175 cm³/mol. The molecule has 0 amide bonds. The second kappa shape index (κ2) is 17.1. The van der Waals surface area contributed by atoms with E-state index in [2.05, 4.69) is 125 Å². The molecule has 0 radical (unpaired) electrons. The Morgan fingerprint density at radius 2 is 0.872 bits per heavy atom. The van der Waals surface area contributed by atoms with Crippen molar-refractivity contribution in [3.8, 4) is 0 Å². The van der Waals surface area contributed by atoms with Gasteiger partial charge in [0.2, 0.25) is 0 Å². The molecule has 0 aromatic heterocycles. The third-order valence-electron chi connectivity index (χ3n) is 8.50. The lowest BCUT2D eigenvalue weighted by Crippen LogP contribution is -3.00. The van der Waals surface area contributed by atoms with E-state index >= 15 is 0 Å². The average molecular weight is 675 g/mol. The van der Waals surface area contributed by atoms with Crippen molar-refractivity contribution in [3.63, 3.8) is 0 Å². The lowest BCUT2D eigenvalue weighted by Gasteiger charge is -2.36. The Kier molecular flexibility index (Phi) is 15.0. The second-order valence-corrected chi connectivity index (χ2v) is 20.8. The fourth-order valence-electron chi connectivity index (χ4n) is 5.11. The molecule has 0 aliphatic carbocycles. The molecule has 0 bridgehead atoms. The van der Waals surface area contributed by atoms with Crippen molar-refractivity contribution in [2.75, 3.05) is 12.8 Å². The molecule has 0 N–H and O–H groups in total. The third kappa shape index (κ3) is 10.1. The maximum absolute atomic E-state index is 6.33. The first-order valence-corrected chi connectivity index (χ1v) is 19.8. The van der Waals surface area contributed by atoms with Gasteiger partial charge in [-0.1, -0.05) is 114 Å². The van der Waals surface area contributed by atoms with E-state index in [4.69, 9.17) is 4.43 Å². The molecule has 0 aliphatic rings. The van der Waals surface area contributed by atoms with Gasteiger partial charge in [-0.15, -0.1) is 0 Å². The van der Waals surface area contributed by atoms with E-state index in [9.17, 15) is 0 Å². The Bertz CT molecular complexity index is 938. The van der Waals surface area contributed by atoms with E-state index < -0.39 is 15.6 Å². The zero-order valence-electron chi connectivity index (χ0n) is 25.2. The quantitative estimate of drug-likeness (QED) is 0.0729. The van der Waals surface area contributed by atoms with Crippen molar-refractivity contribution < 1.29 is 28.4 Å². The number of benzene rings is 3. The lowest BCUT2D eigenvalue weighted by molar-refractivity contribution is -0.00000894. The van der Waals surface area contributed by atoms with E-state index in [0.29, 0.717) is 5.04 Å². The van der Waals surface area contributed by atoms with Crippen LogP contribution in [0.1, 0.15) is 78.6 Å². The molecule has 3 rings (SSSR count). The van der Waals surface area contributed by atoms with Crippen LogP contribution >= 0.6 is 7.26 Å². The van der Waals surface area contributed by atoms with Gasteiger partial charge >= 0.3 is 0 Å². The highest BCUT2D eigenvalue weighted by Gasteiger charge is 2.44. The van der Waals surface area contributed by atoms with Gasteiger partial charge in [0.15, 0.2) is 8.32 Å². The fourth-order valence-corrected chi connectivity index (χ4v) is 10.6. The molecule has 0 fully saturated rings. The van der Waals surface area contributed by atoms with Gasteiger partial charge in [0.05, 0.1) is 6.16 Å². The summed E-state index contributed by atoms with van der Waals surface area (Å²) < 4.78 is 6.33. The number of hydrogen-bond acceptors (Lipinski definition) is 1. The second-order valence-electron chi connectivity index (χ2n) is 12.3. The highest BCUT2D eigenvalue weighted by atomic mass is 127. The summed E-state index contributed by atoms with van der Waals surface area (Å²) in [5.74, 6) is 0. The number of unbranched alkanes of at least 4 members (excludes halogenated alkanes) is 8. The zero-order chi connectivity index (χ0) is 27.3.